The molecule has 0 bridgehead atoms. The number of carbonyl (C=O) groups is 1. The summed E-state index contributed by atoms with van der Waals surface area (Å²) in [4.78, 5) is 17.3. The molecule has 0 unspecified atom stereocenters. The quantitative estimate of drug-likeness (QED) is 0.820. The number of carbonyl (C=O) groups excluding carboxylic acids is 1. The number of nitrogens with zero attached hydrogens (tertiary/aromatic N) is 2. The number of anilines is 1. The Labute approximate surface area is 166 Å². The molecule has 1 heterocycles. The molecule has 2 aromatic rings. The minimum absolute atomic E-state index is 0.0463. The van der Waals surface area contributed by atoms with Crippen LogP contribution in [-0.4, -0.2) is 55.1 Å². The van der Waals surface area contributed by atoms with Gasteiger partial charge in [-0.25, -0.2) is 4.79 Å². The molecule has 1 fully saturated rings. The number of piperazine rings is 1. The molecule has 1 aliphatic rings. The van der Waals surface area contributed by atoms with Gasteiger partial charge in [0.15, 0.2) is 0 Å². The van der Waals surface area contributed by atoms with E-state index in [1.165, 1.54) is 5.56 Å². The van der Waals surface area contributed by atoms with Crippen molar-refractivity contribution in [3.05, 3.63) is 65.2 Å². The average Bonchev–Trinajstić information content (AvgIpc) is 2.64. The number of benzene rings is 2. The van der Waals surface area contributed by atoms with Crippen molar-refractivity contribution in [1.29, 1.82) is 0 Å². The molecule has 144 valence electrons. The van der Waals surface area contributed by atoms with Gasteiger partial charge < -0.3 is 15.5 Å². The number of hydrogen-bond donors (Lipinski definition) is 2. The average molecular weight is 387 g/mol. The molecule has 0 saturated carbocycles. The van der Waals surface area contributed by atoms with Crippen LogP contribution in [0.5, 0.6) is 0 Å². The highest BCUT2D eigenvalue weighted by molar-refractivity contribution is 6.30. The fourth-order valence-corrected chi connectivity index (χ4v) is 3.78. The number of urea groups is 1. The summed E-state index contributed by atoms with van der Waals surface area (Å²) in [6, 6.07) is 17.4. The van der Waals surface area contributed by atoms with Crippen LogP contribution in [0.2, 0.25) is 5.02 Å². The SMILES string of the molecule is C[C@H](NC(=O)Nc1cccc(Cl)c1)[C@@H](c1ccccc1)N1CCN(C)CC1. The Bertz CT molecular complexity index is 747. The van der Waals surface area contributed by atoms with E-state index < -0.39 is 0 Å². The number of nitrogens with one attached hydrogen (secondary N) is 2. The minimum Gasteiger partial charge on any atom is -0.333 e. The maximum Gasteiger partial charge on any atom is 0.319 e. The summed E-state index contributed by atoms with van der Waals surface area (Å²) < 4.78 is 0. The molecule has 2 atom stereocenters. The monoisotopic (exact) mass is 386 g/mol. The van der Waals surface area contributed by atoms with E-state index in [2.05, 4.69) is 58.7 Å². The lowest BCUT2D eigenvalue weighted by Crippen LogP contribution is -2.52. The van der Waals surface area contributed by atoms with Crippen LogP contribution >= 0.6 is 11.6 Å². The van der Waals surface area contributed by atoms with Crippen LogP contribution in [0.15, 0.2) is 54.6 Å². The van der Waals surface area contributed by atoms with E-state index in [0.29, 0.717) is 10.7 Å². The Morgan fingerprint density at radius 3 is 2.41 bits per heavy atom. The maximum atomic E-state index is 12.5. The molecule has 0 aromatic heterocycles. The lowest BCUT2D eigenvalue weighted by atomic mass is 9.98. The normalized spacial score (nSPS) is 17.9. The first-order valence-corrected chi connectivity index (χ1v) is 9.71. The summed E-state index contributed by atoms with van der Waals surface area (Å²) in [6.07, 6.45) is 0. The van der Waals surface area contributed by atoms with Crippen molar-refractivity contribution in [3.63, 3.8) is 0 Å². The third-order valence-corrected chi connectivity index (χ3v) is 5.22. The van der Waals surface area contributed by atoms with Crippen LogP contribution in [0, 0.1) is 0 Å². The summed E-state index contributed by atoms with van der Waals surface area (Å²) in [7, 11) is 2.15. The topological polar surface area (TPSA) is 47.6 Å². The van der Waals surface area contributed by atoms with Gasteiger partial charge in [0.25, 0.3) is 0 Å². The second-order valence-electron chi connectivity index (χ2n) is 7.09. The first-order chi connectivity index (χ1) is 13.0. The predicted octanol–water partition coefficient (Wildman–Crippen LogP) is 3.84. The van der Waals surface area contributed by atoms with Crippen LogP contribution in [0.4, 0.5) is 10.5 Å². The third kappa shape index (κ3) is 5.45. The standard InChI is InChI=1S/C21H27ClN4O/c1-16(23-21(27)24-19-10-6-9-18(22)15-19)20(17-7-4-3-5-8-17)26-13-11-25(2)12-14-26/h3-10,15-16,20H,11-14H2,1-2H3,(H2,23,24,27)/t16-,20-/m0/s1. The van der Waals surface area contributed by atoms with E-state index in [4.69, 9.17) is 11.6 Å². The zero-order chi connectivity index (χ0) is 19.2. The smallest absolute Gasteiger partial charge is 0.319 e. The number of likely N-dealkylation sites (N-methyl/N-ethyl adjacent to an activating group) is 1. The molecule has 0 aliphatic carbocycles. The van der Waals surface area contributed by atoms with E-state index in [1.807, 2.05) is 18.2 Å². The molecule has 27 heavy (non-hydrogen) atoms. The number of amides is 2. The Balaban J connectivity index is 1.70. The number of rotatable bonds is 5. The lowest BCUT2D eigenvalue weighted by molar-refractivity contribution is 0.0954. The molecule has 5 nitrogen and oxygen atoms in total. The summed E-state index contributed by atoms with van der Waals surface area (Å²) >= 11 is 6.00. The molecule has 0 radical (unpaired) electrons. The molecular formula is C21H27ClN4O. The highest BCUT2D eigenvalue weighted by atomic mass is 35.5. The van der Waals surface area contributed by atoms with Crippen molar-refractivity contribution < 1.29 is 4.79 Å². The summed E-state index contributed by atoms with van der Waals surface area (Å²) in [5.41, 5.74) is 1.90. The molecule has 6 heteroatoms. The first kappa shape index (κ1) is 19.7. The highest BCUT2D eigenvalue weighted by Crippen LogP contribution is 2.25. The van der Waals surface area contributed by atoms with E-state index in [1.54, 1.807) is 12.1 Å². The van der Waals surface area contributed by atoms with Gasteiger partial charge in [-0.2, -0.15) is 0 Å². The number of halogens is 1. The van der Waals surface area contributed by atoms with E-state index in [-0.39, 0.29) is 18.1 Å². The molecule has 2 aromatic carbocycles. The summed E-state index contributed by atoms with van der Waals surface area (Å²) in [5.74, 6) is 0. The van der Waals surface area contributed by atoms with E-state index in [0.717, 1.165) is 26.2 Å². The molecule has 1 saturated heterocycles. The fraction of sp³-hybridized carbons (Fsp3) is 0.381. The zero-order valence-corrected chi connectivity index (χ0v) is 16.6. The van der Waals surface area contributed by atoms with Crippen LogP contribution in [-0.2, 0) is 0 Å². The molecule has 3 rings (SSSR count). The first-order valence-electron chi connectivity index (χ1n) is 9.33. The predicted molar refractivity (Wildman–Crippen MR) is 111 cm³/mol. The van der Waals surface area contributed by atoms with Gasteiger partial charge in [-0.15, -0.1) is 0 Å². The van der Waals surface area contributed by atoms with Gasteiger partial charge in [0.1, 0.15) is 0 Å². The van der Waals surface area contributed by atoms with Gasteiger partial charge in [0.05, 0.1) is 6.04 Å². The van der Waals surface area contributed by atoms with Crippen molar-refractivity contribution in [2.45, 2.75) is 19.0 Å². The van der Waals surface area contributed by atoms with Crippen LogP contribution < -0.4 is 10.6 Å². The van der Waals surface area contributed by atoms with E-state index >= 15 is 0 Å². The lowest BCUT2D eigenvalue weighted by Gasteiger charge is -2.41. The Morgan fingerprint density at radius 1 is 1.04 bits per heavy atom. The van der Waals surface area contributed by atoms with Crippen molar-refractivity contribution in [1.82, 2.24) is 15.1 Å². The van der Waals surface area contributed by atoms with Crippen LogP contribution in [0.1, 0.15) is 18.5 Å². The van der Waals surface area contributed by atoms with Gasteiger partial charge >= 0.3 is 6.03 Å². The second kappa shape index (κ2) is 9.22. The van der Waals surface area contributed by atoms with Gasteiger partial charge in [0.2, 0.25) is 0 Å². The molecule has 2 amide bonds. The van der Waals surface area contributed by atoms with Gasteiger partial charge in [-0.1, -0.05) is 48.0 Å². The minimum atomic E-state index is -0.222. The second-order valence-corrected chi connectivity index (χ2v) is 7.53. The molecular weight excluding hydrogens is 360 g/mol. The van der Waals surface area contributed by atoms with Crippen molar-refractivity contribution in [3.8, 4) is 0 Å². The zero-order valence-electron chi connectivity index (χ0n) is 15.9. The molecule has 1 aliphatic heterocycles. The van der Waals surface area contributed by atoms with Crippen LogP contribution in [0.3, 0.4) is 0 Å². The molecule has 0 spiro atoms. The van der Waals surface area contributed by atoms with Gasteiger partial charge in [-0.05, 0) is 37.7 Å². The summed E-state index contributed by atoms with van der Waals surface area (Å²) in [6.45, 7) is 6.10. The van der Waals surface area contributed by atoms with Crippen LogP contribution in [0.25, 0.3) is 0 Å². The van der Waals surface area contributed by atoms with Gasteiger partial charge in [-0.3, -0.25) is 4.90 Å². The van der Waals surface area contributed by atoms with Crippen molar-refractivity contribution >= 4 is 23.3 Å². The van der Waals surface area contributed by atoms with Gasteiger partial charge in [0, 0.05) is 42.9 Å². The Kier molecular flexibility index (Phi) is 6.72. The largest absolute Gasteiger partial charge is 0.333 e. The van der Waals surface area contributed by atoms with Crippen molar-refractivity contribution in [2.24, 2.45) is 0 Å². The Morgan fingerprint density at radius 2 is 1.74 bits per heavy atom. The van der Waals surface area contributed by atoms with E-state index in [9.17, 15) is 4.79 Å². The highest BCUT2D eigenvalue weighted by Gasteiger charge is 2.29. The van der Waals surface area contributed by atoms with Crippen molar-refractivity contribution in [2.75, 3.05) is 38.5 Å². The maximum absolute atomic E-state index is 12.5. The number of hydrogen-bond acceptors (Lipinski definition) is 3. The Hall–Kier alpha value is -2.08. The third-order valence-electron chi connectivity index (χ3n) is 4.99. The molecule has 2 N–H and O–H groups in total. The fourth-order valence-electron chi connectivity index (χ4n) is 3.59. The summed E-state index contributed by atoms with van der Waals surface area (Å²) in [5, 5.41) is 6.57.